The third-order valence-corrected chi connectivity index (χ3v) is 8.75. The number of aromatic nitrogens is 2. The molecule has 2 heterocycles. The van der Waals surface area contributed by atoms with E-state index in [0.717, 1.165) is 15.9 Å². The Kier molecular flexibility index (Phi) is 4.17. The van der Waals surface area contributed by atoms with Gasteiger partial charge in [-0.2, -0.15) is 0 Å². The molecule has 0 fully saturated rings. The van der Waals surface area contributed by atoms with E-state index in [2.05, 4.69) is 94.8 Å². The van der Waals surface area contributed by atoms with Gasteiger partial charge in [0, 0.05) is 26.7 Å². The predicted octanol–water partition coefficient (Wildman–Crippen LogP) is 7.73. The van der Waals surface area contributed by atoms with Gasteiger partial charge in [-0.05, 0) is 85.7 Å². The van der Waals surface area contributed by atoms with Crippen LogP contribution in [0.4, 0.5) is 0 Å². The molecule has 0 unspecified atom stereocenters. The van der Waals surface area contributed by atoms with Crippen LogP contribution in [-0.2, 0) is 5.41 Å². The normalized spacial score (nSPS) is 14.0. The first kappa shape index (κ1) is 19.3. The van der Waals surface area contributed by atoms with Gasteiger partial charge in [-0.15, -0.1) is 0 Å². The predicted molar refractivity (Wildman–Crippen MR) is 137 cm³/mol. The highest BCUT2D eigenvalue weighted by Crippen LogP contribution is 2.62. The van der Waals surface area contributed by atoms with Crippen LogP contribution in [0.2, 0.25) is 0 Å². The second-order valence-corrected chi connectivity index (χ2v) is 10.3. The number of fused-ring (bicyclic) bond motifs is 10. The van der Waals surface area contributed by atoms with Crippen molar-refractivity contribution in [3.8, 4) is 22.5 Å². The molecule has 0 radical (unpaired) electrons. The average molecular weight is 505 g/mol. The molecule has 1 spiro atoms. The molecular weight excluding hydrogens is 488 g/mol. The van der Waals surface area contributed by atoms with Gasteiger partial charge in [0.1, 0.15) is 0 Å². The summed E-state index contributed by atoms with van der Waals surface area (Å²) in [6.07, 6.45) is 3.74. The van der Waals surface area contributed by atoms with E-state index in [4.69, 9.17) is 9.97 Å². The number of pyridine rings is 2. The Hall–Kier alpha value is -3.21. The van der Waals surface area contributed by atoms with E-state index in [1.165, 1.54) is 43.2 Å². The zero-order chi connectivity index (χ0) is 22.0. The molecule has 0 N–H and O–H groups in total. The zero-order valence-corrected chi connectivity index (χ0v) is 19.9. The van der Waals surface area contributed by atoms with E-state index in [9.17, 15) is 0 Å². The van der Waals surface area contributed by atoms with E-state index in [0.29, 0.717) is 0 Å². The second-order valence-electron chi connectivity index (χ2n) is 8.33. The largest absolute Gasteiger partial charge is 0.254 e. The Morgan fingerprint density at radius 3 is 2.00 bits per heavy atom. The Morgan fingerprint density at radius 1 is 0.606 bits per heavy atom. The van der Waals surface area contributed by atoms with Crippen LogP contribution in [0, 0.1) is 0 Å². The van der Waals surface area contributed by atoms with Gasteiger partial charge >= 0.3 is 0 Å². The number of halogens is 1. The molecule has 7 rings (SSSR count). The topological polar surface area (TPSA) is 25.8 Å². The number of nitrogens with zero attached hydrogens (tertiary/aromatic N) is 2. The molecular formula is C29H17BrN2S. The molecule has 0 atom stereocenters. The average Bonchev–Trinajstić information content (AvgIpc) is 3.33. The third kappa shape index (κ3) is 2.56. The fourth-order valence-corrected chi connectivity index (χ4v) is 6.90. The summed E-state index contributed by atoms with van der Waals surface area (Å²) in [5.41, 5.74) is 9.19. The van der Waals surface area contributed by atoms with E-state index in [1.807, 2.05) is 24.5 Å². The lowest BCUT2D eigenvalue weighted by atomic mass is 9.71. The van der Waals surface area contributed by atoms with Crippen LogP contribution in [0.1, 0.15) is 22.3 Å². The van der Waals surface area contributed by atoms with Crippen molar-refractivity contribution in [2.75, 3.05) is 0 Å². The van der Waals surface area contributed by atoms with Gasteiger partial charge in [-0.1, -0.05) is 66.4 Å². The molecule has 0 saturated carbocycles. The van der Waals surface area contributed by atoms with E-state index >= 15 is 0 Å². The minimum atomic E-state index is -0.399. The Morgan fingerprint density at radius 2 is 1.24 bits per heavy atom. The Labute approximate surface area is 204 Å². The monoisotopic (exact) mass is 504 g/mol. The maximum atomic E-state index is 4.79. The Balaban J connectivity index is 1.54. The van der Waals surface area contributed by atoms with Gasteiger partial charge in [-0.25, -0.2) is 0 Å². The molecule has 0 aliphatic heterocycles. The summed E-state index contributed by atoms with van der Waals surface area (Å²) >= 11 is 5.49. The maximum absolute atomic E-state index is 4.79. The maximum Gasteiger partial charge on any atom is 0.0937 e. The smallest absolute Gasteiger partial charge is 0.0937 e. The minimum absolute atomic E-state index is 0.399. The van der Waals surface area contributed by atoms with Crippen molar-refractivity contribution < 1.29 is 0 Å². The molecule has 0 saturated heterocycles. The summed E-state index contributed by atoms with van der Waals surface area (Å²) in [5, 5.41) is 0. The summed E-state index contributed by atoms with van der Waals surface area (Å²) in [6, 6.07) is 32.6. The van der Waals surface area contributed by atoms with E-state index < -0.39 is 5.41 Å². The summed E-state index contributed by atoms with van der Waals surface area (Å²) in [4.78, 5) is 12.0. The van der Waals surface area contributed by atoms with Crippen LogP contribution < -0.4 is 0 Å². The SMILES string of the molecule is Brc1ccccc1Sc1ccc2c(c1)C1(c3ccccc3-2)c2cccnc2-c2ncccc21. The summed E-state index contributed by atoms with van der Waals surface area (Å²) in [6.45, 7) is 0. The van der Waals surface area contributed by atoms with Gasteiger partial charge in [0.15, 0.2) is 0 Å². The fraction of sp³-hybridized carbons (Fsp3) is 0.0345. The molecule has 2 aliphatic carbocycles. The quantitative estimate of drug-likeness (QED) is 0.240. The first-order chi connectivity index (χ1) is 16.3. The van der Waals surface area contributed by atoms with Gasteiger partial charge in [0.05, 0.1) is 16.8 Å². The molecule has 2 nitrogen and oxygen atoms in total. The number of hydrogen-bond donors (Lipinski definition) is 0. The zero-order valence-electron chi connectivity index (χ0n) is 17.5. The standard InChI is InChI=1S/C29H17BrN2S/c30-25-11-3-4-12-26(25)33-18-13-14-20-19-7-1-2-8-21(19)29(24(20)17-18)22-9-5-15-31-27(22)28-23(29)10-6-16-32-28/h1-17H. The van der Waals surface area contributed by atoms with Crippen molar-refractivity contribution in [3.63, 3.8) is 0 Å². The summed E-state index contributed by atoms with van der Waals surface area (Å²) < 4.78 is 1.11. The van der Waals surface area contributed by atoms with Crippen molar-refractivity contribution >= 4 is 27.7 Å². The molecule has 33 heavy (non-hydrogen) atoms. The number of hydrogen-bond acceptors (Lipinski definition) is 3. The van der Waals surface area contributed by atoms with Gasteiger partial charge in [0.2, 0.25) is 0 Å². The number of benzene rings is 3. The van der Waals surface area contributed by atoms with Gasteiger partial charge in [-0.3, -0.25) is 9.97 Å². The fourth-order valence-electron chi connectivity index (χ4n) is 5.50. The van der Waals surface area contributed by atoms with Crippen LogP contribution in [-0.4, -0.2) is 9.97 Å². The van der Waals surface area contributed by atoms with Crippen LogP contribution in [0.5, 0.6) is 0 Å². The van der Waals surface area contributed by atoms with Gasteiger partial charge < -0.3 is 0 Å². The highest BCUT2D eigenvalue weighted by Gasteiger charge is 2.52. The number of rotatable bonds is 2. The lowest BCUT2D eigenvalue weighted by Gasteiger charge is -2.30. The molecule has 156 valence electrons. The molecule has 2 aliphatic rings. The van der Waals surface area contributed by atoms with Crippen LogP contribution >= 0.6 is 27.7 Å². The molecule has 3 aromatic carbocycles. The van der Waals surface area contributed by atoms with Crippen LogP contribution in [0.25, 0.3) is 22.5 Å². The second kappa shape index (κ2) is 7.14. The third-order valence-electron chi connectivity index (χ3n) is 6.73. The highest BCUT2D eigenvalue weighted by atomic mass is 79.9. The van der Waals surface area contributed by atoms with Crippen molar-refractivity contribution in [2.45, 2.75) is 15.2 Å². The molecule has 0 bridgehead atoms. The Bertz CT molecular complexity index is 1510. The lowest BCUT2D eigenvalue weighted by molar-refractivity contribution is 0.786. The summed E-state index contributed by atoms with van der Waals surface area (Å²) in [7, 11) is 0. The lowest BCUT2D eigenvalue weighted by Crippen LogP contribution is -2.26. The van der Waals surface area contributed by atoms with E-state index in [-0.39, 0.29) is 0 Å². The van der Waals surface area contributed by atoms with Gasteiger partial charge in [0.25, 0.3) is 0 Å². The van der Waals surface area contributed by atoms with E-state index in [1.54, 1.807) is 11.8 Å². The minimum Gasteiger partial charge on any atom is -0.254 e. The first-order valence-electron chi connectivity index (χ1n) is 10.9. The molecule has 0 amide bonds. The van der Waals surface area contributed by atoms with Crippen molar-refractivity contribution in [3.05, 3.63) is 130 Å². The van der Waals surface area contributed by atoms with Crippen molar-refractivity contribution in [2.24, 2.45) is 0 Å². The van der Waals surface area contributed by atoms with Crippen molar-refractivity contribution in [1.29, 1.82) is 0 Å². The summed E-state index contributed by atoms with van der Waals surface area (Å²) in [5.74, 6) is 0. The molecule has 4 heteroatoms. The highest BCUT2D eigenvalue weighted by molar-refractivity contribution is 9.10. The van der Waals surface area contributed by atoms with Crippen LogP contribution in [0.15, 0.2) is 118 Å². The first-order valence-corrected chi connectivity index (χ1v) is 12.5. The van der Waals surface area contributed by atoms with Crippen LogP contribution in [0.3, 0.4) is 0 Å². The van der Waals surface area contributed by atoms with Crippen molar-refractivity contribution in [1.82, 2.24) is 9.97 Å². The molecule has 2 aromatic heterocycles. The molecule has 5 aromatic rings.